The summed E-state index contributed by atoms with van der Waals surface area (Å²) in [5.41, 5.74) is 1.24. The lowest BCUT2D eigenvalue weighted by molar-refractivity contribution is 0.319. The zero-order chi connectivity index (χ0) is 11.1. The van der Waals surface area contributed by atoms with Crippen LogP contribution in [-0.2, 0) is 13.6 Å². The average molecular weight is 206 g/mol. The van der Waals surface area contributed by atoms with Gasteiger partial charge in [-0.2, -0.15) is 10.4 Å². The fourth-order valence-corrected chi connectivity index (χ4v) is 1.53. The topological polar surface area (TPSA) is 44.9 Å². The molecule has 0 amide bonds. The fraction of sp³-hybridized carbons (Fsp3) is 0.636. The number of hydrogen-bond donors (Lipinski definition) is 0. The molecule has 1 aromatic heterocycles. The summed E-state index contributed by atoms with van der Waals surface area (Å²) in [6.07, 6.45) is 6.68. The summed E-state index contributed by atoms with van der Waals surface area (Å²) in [6, 6.07) is 2.16. The Morgan fingerprint density at radius 3 is 2.93 bits per heavy atom. The molecule has 0 atom stereocenters. The summed E-state index contributed by atoms with van der Waals surface area (Å²) in [5.74, 6) is 0. The molecule has 0 spiro atoms. The zero-order valence-corrected chi connectivity index (χ0v) is 9.48. The molecule has 82 valence electrons. The van der Waals surface area contributed by atoms with Gasteiger partial charge in [0.2, 0.25) is 0 Å². The molecule has 0 radical (unpaired) electrons. The van der Waals surface area contributed by atoms with E-state index in [0.717, 1.165) is 25.9 Å². The maximum absolute atomic E-state index is 8.39. The van der Waals surface area contributed by atoms with E-state index in [4.69, 9.17) is 5.26 Å². The molecule has 0 bridgehead atoms. The lowest BCUT2D eigenvalue weighted by Gasteiger charge is -2.14. The molecule has 0 aliphatic rings. The first-order chi connectivity index (χ1) is 7.22. The first-order valence-electron chi connectivity index (χ1n) is 5.25. The SMILES string of the molecule is CN(CCCCC#N)Cc1cnn(C)c1. The number of hydrogen-bond acceptors (Lipinski definition) is 3. The van der Waals surface area contributed by atoms with E-state index in [1.807, 2.05) is 24.1 Å². The van der Waals surface area contributed by atoms with Gasteiger partial charge in [-0.15, -0.1) is 0 Å². The molecular formula is C11H18N4. The van der Waals surface area contributed by atoms with Crippen molar-refractivity contribution in [3.05, 3.63) is 18.0 Å². The highest BCUT2D eigenvalue weighted by Crippen LogP contribution is 2.03. The van der Waals surface area contributed by atoms with E-state index in [2.05, 4.69) is 23.1 Å². The molecule has 0 fully saturated rings. The van der Waals surface area contributed by atoms with Crippen LogP contribution in [0, 0.1) is 11.3 Å². The lowest BCUT2D eigenvalue weighted by Crippen LogP contribution is -2.18. The van der Waals surface area contributed by atoms with Crippen molar-refractivity contribution >= 4 is 0 Å². The van der Waals surface area contributed by atoms with Gasteiger partial charge in [0.1, 0.15) is 0 Å². The molecule has 0 aromatic carbocycles. The zero-order valence-electron chi connectivity index (χ0n) is 9.48. The lowest BCUT2D eigenvalue weighted by atomic mass is 10.2. The van der Waals surface area contributed by atoms with Gasteiger partial charge in [-0.25, -0.2) is 0 Å². The Labute approximate surface area is 91.1 Å². The second kappa shape index (κ2) is 6.20. The van der Waals surface area contributed by atoms with Crippen LogP contribution in [0.1, 0.15) is 24.8 Å². The Hall–Kier alpha value is -1.34. The van der Waals surface area contributed by atoms with Crippen LogP contribution in [0.4, 0.5) is 0 Å². The number of rotatable bonds is 6. The molecule has 0 saturated heterocycles. The third-order valence-corrected chi connectivity index (χ3v) is 2.29. The molecular weight excluding hydrogens is 188 g/mol. The van der Waals surface area contributed by atoms with Gasteiger partial charge >= 0.3 is 0 Å². The van der Waals surface area contributed by atoms with Gasteiger partial charge in [-0.3, -0.25) is 4.68 Å². The van der Waals surface area contributed by atoms with E-state index in [1.165, 1.54) is 5.56 Å². The van der Waals surface area contributed by atoms with Crippen molar-refractivity contribution in [2.45, 2.75) is 25.8 Å². The van der Waals surface area contributed by atoms with E-state index in [-0.39, 0.29) is 0 Å². The molecule has 4 nitrogen and oxygen atoms in total. The van der Waals surface area contributed by atoms with Crippen LogP contribution in [0.15, 0.2) is 12.4 Å². The van der Waals surface area contributed by atoms with E-state index in [1.54, 1.807) is 0 Å². The first-order valence-corrected chi connectivity index (χ1v) is 5.25. The van der Waals surface area contributed by atoms with Gasteiger partial charge in [0.25, 0.3) is 0 Å². The van der Waals surface area contributed by atoms with Crippen molar-refractivity contribution in [1.29, 1.82) is 5.26 Å². The molecule has 1 aromatic rings. The Bertz CT molecular complexity index is 324. The highest BCUT2D eigenvalue weighted by Gasteiger charge is 2.01. The van der Waals surface area contributed by atoms with Gasteiger partial charge in [0, 0.05) is 31.8 Å². The second-order valence-corrected chi connectivity index (χ2v) is 3.88. The third-order valence-electron chi connectivity index (χ3n) is 2.29. The van der Waals surface area contributed by atoms with Crippen molar-refractivity contribution in [3.63, 3.8) is 0 Å². The van der Waals surface area contributed by atoms with Crippen LogP contribution in [0.25, 0.3) is 0 Å². The smallest absolute Gasteiger partial charge is 0.0621 e. The standard InChI is InChI=1S/C11H18N4/c1-14(7-5-3-4-6-12)9-11-8-13-15(2)10-11/h8,10H,3-5,7,9H2,1-2H3. The van der Waals surface area contributed by atoms with Crippen molar-refractivity contribution in [2.24, 2.45) is 7.05 Å². The predicted octanol–water partition coefficient (Wildman–Crippen LogP) is 1.55. The van der Waals surface area contributed by atoms with Gasteiger partial charge in [-0.05, 0) is 26.4 Å². The number of aromatic nitrogens is 2. The number of nitriles is 1. The number of aryl methyl sites for hydroxylation is 1. The van der Waals surface area contributed by atoms with E-state index in [0.29, 0.717) is 6.42 Å². The maximum atomic E-state index is 8.39. The summed E-state index contributed by atoms with van der Waals surface area (Å²) in [7, 11) is 4.02. The second-order valence-electron chi connectivity index (χ2n) is 3.88. The number of nitrogens with zero attached hydrogens (tertiary/aromatic N) is 4. The van der Waals surface area contributed by atoms with Gasteiger partial charge in [-0.1, -0.05) is 0 Å². The highest BCUT2D eigenvalue weighted by molar-refractivity contribution is 5.02. The average Bonchev–Trinajstić information content (AvgIpc) is 2.59. The molecule has 1 rings (SSSR count). The van der Waals surface area contributed by atoms with Gasteiger partial charge in [0.05, 0.1) is 12.3 Å². The molecule has 0 aliphatic heterocycles. The quantitative estimate of drug-likeness (QED) is 0.663. The van der Waals surface area contributed by atoms with E-state index >= 15 is 0 Å². The van der Waals surface area contributed by atoms with Crippen LogP contribution in [-0.4, -0.2) is 28.3 Å². The summed E-state index contributed by atoms with van der Waals surface area (Å²) in [5, 5.41) is 12.5. The minimum atomic E-state index is 0.667. The Morgan fingerprint density at radius 1 is 1.53 bits per heavy atom. The van der Waals surface area contributed by atoms with Gasteiger partial charge in [0.15, 0.2) is 0 Å². The van der Waals surface area contributed by atoms with E-state index in [9.17, 15) is 0 Å². The Morgan fingerprint density at radius 2 is 2.33 bits per heavy atom. The summed E-state index contributed by atoms with van der Waals surface area (Å²) in [6.45, 7) is 1.97. The first kappa shape index (κ1) is 11.7. The van der Waals surface area contributed by atoms with Crippen molar-refractivity contribution in [3.8, 4) is 6.07 Å². The van der Waals surface area contributed by atoms with Crippen molar-refractivity contribution in [2.75, 3.05) is 13.6 Å². The van der Waals surface area contributed by atoms with Crippen LogP contribution in [0.2, 0.25) is 0 Å². The molecule has 0 aliphatic carbocycles. The maximum Gasteiger partial charge on any atom is 0.0621 e. The molecule has 1 heterocycles. The summed E-state index contributed by atoms with van der Waals surface area (Å²) >= 11 is 0. The van der Waals surface area contributed by atoms with Crippen molar-refractivity contribution < 1.29 is 0 Å². The largest absolute Gasteiger partial charge is 0.302 e. The molecule has 0 saturated carbocycles. The van der Waals surface area contributed by atoms with Gasteiger partial charge < -0.3 is 4.90 Å². The minimum absolute atomic E-state index is 0.667. The normalized spacial score (nSPS) is 10.5. The molecule has 15 heavy (non-hydrogen) atoms. The van der Waals surface area contributed by atoms with Crippen LogP contribution >= 0.6 is 0 Å². The third kappa shape index (κ3) is 4.61. The van der Waals surface area contributed by atoms with E-state index < -0.39 is 0 Å². The number of unbranched alkanes of at least 4 members (excludes halogenated alkanes) is 2. The minimum Gasteiger partial charge on any atom is -0.302 e. The predicted molar refractivity (Wildman–Crippen MR) is 59.0 cm³/mol. The highest BCUT2D eigenvalue weighted by atomic mass is 15.2. The Balaban J connectivity index is 2.19. The van der Waals surface area contributed by atoms with Crippen molar-refractivity contribution in [1.82, 2.24) is 14.7 Å². The summed E-state index contributed by atoms with van der Waals surface area (Å²) in [4.78, 5) is 2.26. The fourth-order valence-electron chi connectivity index (χ4n) is 1.53. The molecule has 4 heteroatoms. The molecule has 0 N–H and O–H groups in total. The van der Waals surface area contributed by atoms with Crippen LogP contribution < -0.4 is 0 Å². The molecule has 0 unspecified atom stereocenters. The monoisotopic (exact) mass is 206 g/mol. The van der Waals surface area contributed by atoms with Crippen LogP contribution in [0.5, 0.6) is 0 Å². The Kier molecular flexibility index (Phi) is 4.85. The summed E-state index contributed by atoms with van der Waals surface area (Å²) < 4.78 is 1.82. The van der Waals surface area contributed by atoms with Crippen LogP contribution in [0.3, 0.4) is 0 Å².